The molecule has 0 bridgehead atoms. The minimum atomic E-state index is -3.88. The Labute approximate surface area is 195 Å². The molecule has 0 heterocycles. The van der Waals surface area contributed by atoms with Crippen molar-refractivity contribution < 1.29 is 17.9 Å². The monoisotopic (exact) mass is 498 g/mol. The summed E-state index contributed by atoms with van der Waals surface area (Å²) in [6.45, 7) is 1.60. The van der Waals surface area contributed by atoms with E-state index in [1.807, 2.05) is 0 Å². The number of sulfonamides is 1. The molecule has 162 valence electrons. The summed E-state index contributed by atoms with van der Waals surface area (Å²) in [5, 5.41) is 3.80. The fourth-order valence-corrected chi connectivity index (χ4v) is 4.23. The zero-order chi connectivity index (χ0) is 22.6. The highest BCUT2D eigenvalue weighted by molar-refractivity contribution is 7.92. The fourth-order valence-electron chi connectivity index (χ4n) is 2.51. The molecule has 2 N–H and O–H groups in total. The Bertz CT molecular complexity index is 1180. The van der Waals surface area contributed by atoms with Gasteiger partial charge in [0.2, 0.25) is 0 Å². The van der Waals surface area contributed by atoms with Crippen LogP contribution in [-0.4, -0.2) is 20.4 Å². The number of rotatable bonds is 7. The summed E-state index contributed by atoms with van der Waals surface area (Å²) in [5.74, 6) is 0.108. The predicted octanol–water partition coefficient (Wildman–Crippen LogP) is 5.85. The summed E-state index contributed by atoms with van der Waals surface area (Å²) in [6.07, 6.45) is -0.779. The van der Waals surface area contributed by atoms with Gasteiger partial charge in [-0.15, -0.1) is 0 Å². The molecule has 0 radical (unpaired) electrons. The molecule has 0 saturated carbocycles. The number of hydrogen-bond acceptors (Lipinski definition) is 4. The highest BCUT2D eigenvalue weighted by Gasteiger charge is 2.18. The lowest BCUT2D eigenvalue weighted by Gasteiger charge is -2.15. The number of carbonyl (C=O) groups excluding carboxylic acids is 1. The zero-order valence-electron chi connectivity index (χ0n) is 16.1. The first kappa shape index (κ1) is 23.2. The molecule has 3 aromatic carbocycles. The summed E-state index contributed by atoms with van der Waals surface area (Å²) in [7, 11) is -3.88. The molecule has 6 nitrogen and oxygen atoms in total. The first-order valence-corrected chi connectivity index (χ1v) is 11.6. The maximum absolute atomic E-state index is 12.6. The molecule has 3 aromatic rings. The van der Waals surface area contributed by atoms with Crippen LogP contribution in [0.3, 0.4) is 0 Å². The molecule has 1 atom stereocenters. The van der Waals surface area contributed by atoms with Crippen LogP contribution in [0.2, 0.25) is 15.1 Å². The van der Waals surface area contributed by atoms with Gasteiger partial charge in [0.25, 0.3) is 15.9 Å². The van der Waals surface area contributed by atoms with E-state index in [9.17, 15) is 13.2 Å². The second-order valence-electron chi connectivity index (χ2n) is 6.46. The molecule has 0 aliphatic carbocycles. The summed E-state index contributed by atoms with van der Waals surface area (Å²) >= 11 is 17.7. The van der Waals surface area contributed by atoms with Gasteiger partial charge in [0.15, 0.2) is 6.10 Å². The van der Waals surface area contributed by atoms with Crippen LogP contribution in [0.25, 0.3) is 0 Å². The number of halogens is 3. The summed E-state index contributed by atoms with van der Waals surface area (Å²) in [5.41, 5.74) is 0.622. The van der Waals surface area contributed by atoms with Gasteiger partial charge < -0.3 is 10.1 Å². The second kappa shape index (κ2) is 9.78. The number of hydrogen-bond donors (Lipinski definition) is 2. The number of nitrogens with one attached hydrogen (secondary N) is 2. The van der Waals surface area contributed by atoms with Gasteiger partial charge >= 0.3 is 0 Å². The van der Waals surface area contributed by atoms with Crippen molar-refractivity contribution in [2.45, 2.75) is 17.9 Å². The van der Waals surface area contributed by atoms with Gasteiger partial charge in [0, 0.05) is 15.7 Å². The van der Waals surface area contributed by atoms with Crippen molar-refractivity contribution in [2.24, 2.45) is 0 Å². The van der Waals surface area contributed by atoms with E-state index in [4.69, 9.17) is 39.5 Å². The molecule has 10 heteroatoms. The smallest absolute Gasteiger partial charge is 0.265 e. The number of anilines is 2. The van der Waals surface area contributed by atoms with Gasteiger partial charge in [-0.3, -0.25) is 9.52 Å². The largest absolute Gasteiger partial charge is 0.481 e. The van der Waals surface area contributed by atoms with Crippen LogP contribution in [0.4, 0.5) is 11.4 Å². The van der Waals surface area contributed by atoms with Gasteiger partial charge in [-0.25, -0.2) is 8.42 Å². The van der Waals surface area contributed by atoms with E-state index in [1.165, 1.54) is 42.5 Å². The molecule has 31 heavy (non-hydrogen) atoms. The van der Waals surface area contributed by atoms with Crippen LogP contribution in [0.5, 0.6) is 5.75 Å². The molecule has 0 aliphatic rings. The second-order valence-corrected chi connectivity index (χ2v) is 9.42. The Kier molecular flexibility index (Phi) is 7.33. The third kappa shape index (κ3) is 6.27. The molecule has 0 unspecified atom stereocenters. The van der Waals surface area contributed by atoms with Crippen molar-refractivity contribution in [3.63, 3.8) is 0 Å². The highest BCUT2D eigenvalue weighted by Crippen LogP contribution is 2.28. The van der Waals surface area contributed by atoms with Crippen molar-refractivity contribution in [1.29, 1.82) is 0 Å². The van der Waals surface area contributed by atoms with E-state index in [-0.39, 0.29) is 15.6 Å². The van der Waals surface area contributed by atoms with Gasteiger partial charge in [-0.1, -0.05) is 34.8 Å². The summed E-state index contributed by atoms with van der Waals surface area (Å²) < 4.78 is 33.1. The number of amides is 1. The SMILES string of the molecule is C[C@@H](Oc1ccc(Cl)cc1)C(=O)Nc1ccc(S(=O)(=O)Nc2ccc(Cl)cc2Cl)cc1. The van der Waals surface area contributed by atoms with Crippen molar-refractivity contribution in [1.82, 2.24) is 0 Å². The van der Waals surface area contributed by atoms with E-state index in [1.54, 1.807) is 31.2 Å². The average molecular weight is 500 g/mol. The zero-order valence-corrected chi connectivity index (χ0v) is 19.2. The third-order valence-corrected chi connectivity index (χ3v) is 6.28. The lowest BCUT2D eigenvalue weighted by molar-refractivity contribution is -0.122. The van der Waals surface area contributed by atoms with Gasteiger partial charge in [0.1, 0.15) is 5.75 Å². The Morgan fingerprint density at radius 1 is 0.903 bits per heavy atom. The van der Waals surface area contributed by atoms with Crippen LogP contribution in [0.1, 0.15) is 6.92 Å². The van der Waals surface area contributed by atoms with Crippen LogP contribution in [0, 0.1) is 0 Å². The molecule has 1 amide bonds. The van der Waals surface area contributed by atoms with Crippen molar-refractivity contribution >= 4 is 62.1 Å². The first-order chi connectivity index (χ1) is 14.6. The van der Waals surface area contributed by atoms with E-state index in [2.05, 4.69) is 10.0 Å². The average Bonchev–Trinajstić information content (AvgIpc) is 2.72. The molecule has 0 aromatic heterocycles. The lowest BCUT2D eigenvalue weighted by Crippen LogP contribution is -2.30. The third-order valence-electron chi connectivity index (χ3n) is 4.10. The van der Waals surface area contributed by atoms with Gasteiger partial charge in [-0.05, 0) is 73.7 Å². The maximum Gasteiger partial charge on any atom is 0.265 e. The maximum atomic E-state index is 12.6. The molecule has 0 aliphatic heterocycles. The highest BCUT2D eigenvalue weighted by atomic mass is 35.5. The number of ether oxygens (including phenoxy) is 1. The first-order valence-electron chi connectivity index (χ1n) is 8.95. The van der Waals surface area contributed by atoms with E-state index in [0.29, 0.717) is 21.5 Å². The Morgan fingerprint density at radius 3 is 2.13 bits per heavy atom. The molecular weight excluding hydrogens is 483 g/mol. The van der Waals surface area contributed by atoms with Crippen LogP contribution < -0.4 is 14.8 Å². The number of benzene rings is 3. The molecular formula is C21H17Cl3N2O4S. The summed E-state index contributed by atoms with van der Waals surface area (Å²) in [4.78, 5) is 12.4. The van der Waals surface area contributed by atoms with E-state index >= 15 is 0 Å². The fraction of sp³-hybridized carbons (Fsp3) is 0.0952. The lowest BCUT2D eigenvalue weighted by atomic mass is 10.3. The quantitative estimate of drug-likeness (QED) is 0.427. The molecule has 0 spiro atoms. The Balaban J connectivity index is 1.64. The van der Waals surface area contributed by atoms with Crippen LogP contribution in [0.15, 0.2) is 71.6 Å². The van der Waals surface area contributed by atoms with E-state index in [0.717, 1.165) is 0 Å². The summed E-state index contributed by atoms with van der Waals surface area (Å²) in [6, 6.07) is 16.8. The number of carbonyl (C=O) groups is 1. The van der Waals surface area contributed by atoms with Crippen molar-refractivity contribution in [3.8, 4) is 5.75 Å². The van der Waals surface area contributed by atoms with Gasteiger partial charge in [-0.2, -0.15) is 0 Å². The van der Waals surface area contributed by atoms with Crippen LogP contribution >= 0.6 is 34.8 Å². The normalized spacial score (nSPS) is 12.1. The Morgan fingerprint density at radius 2 is 1.52 bits per heavy atom. The molecule has 0 saturated heterocycles. The predicted molar refractivity (Wildman–Crippen MR) is 124 cm³/mol. The van der Waals surface area contributed by atoms with Crippen molar-refractivity contribution in [3.05, 3.63) is 81.8 Å². The van der Waals surface area contributed by atoms with Crippen molar-refractivity contribution in [2.75, 3.05) is 10.0 Å². The molecule has 0 fully saturated rings. The Hall–Kier alpha value is -2.45. The van der Waals surface area contributed by atoms with Crippen LogP contribution in [-0.2, 0) is 14.8 Å². The van der Waals surface area contributed by atoms with E-state index < -0.39 is 22.0 Å². The minimum absolute atomic E-state index is 0.00183. The van der Waals surface area contributed by atoms with Gasteiger partial charge in [0.05, 0.1) is 15.6 Å². The molecule has 3 rings (SSSR count). The minimum Gasteiger partial charge on any atom is -0.481 e. The topological polar surface area (TPSA) is 84.5 Å². The standard InChI is InChI=1S/C21H17Cl3N2O4S/c1-13(30-17-7-2-14(22)3-8-17)21(27)25-16-5-9-18(10-6-16)31(28,29)26-20-11-4-15(23)12-19(20)24/h2-13,26H,1H3,(H,25,27)/t13-/m1/s1.